The van der Waals surface area contributed by atoms with E-state index >= 15 is 0 Å². The summed E-state index contributed by atoms with van der Waals surface area (Å²) in [6.07, 6.45) is 1.57. The van der Waals surface area contributed by atoms with Crippen molar-refractivity contribution in [3.63, 3.8) is 0 Å². The highest BCUT2D eigenvalue weighted by Crippen LogP contribution is 2.17. The van der Waals surface area contributed by atoms with Crippen LogP contribution < -0.4 is 5.32 Å². The molecule has 20 heavy (non-hydrogen) atoms. The quantitative estimate of drug-likeness (QED) is 0.808. The van der Waals surface area contributed by atoms with Gasteiger partial charge in [0.1, 0.15) is 12.3 Å². The maximum Gasteiger partial charge on any atom is 0.273 e. The molecule has 2 rings (SSSR count). The molecule has 0 saturated carbocycles. The standard InChI is InChI=1S/C15H15N3O2/c1-11-5-6-12(4-3-9-19)10-13(11)17-15(20)14-7-8-16-18(14)2/h5-8,10,19H,9H2,1-2H3,(H,17,20). The van der Waals surface area contributed by atoms with Gasteiger partial charge < -0.3 is 10.4 Å². The van der Waals surface area contributed by atoms with Gasteiger partial charge in [0.05, 0.1) is 0 Å². The molecule has 0 aliphatic heterocycles. The Balaban J connectivity index is 2.25. The van der Waals surface area contributed by atoms with Gasteiger partial charge in [0, 0.05) is 24.5 Å². The van der Waals surface area contributed by atoms with Crippen molar-refractivity contribution in [1.29, 1.82) is 0 Å². The van der Waals surface area contributed by atoms with Crippen molar-refractivity contribution < 1.29 is 9.90 Å². The summed E-state index contributed by atoms with van der Waals surface area (Å²) in [5, 5.41) is 15.5. The molecule has 102 valence electrons. The fourth-order valence-corrected chi connectivity index (χ4v) is 1.76. The lowest BCUT2D eigenvalue weighted by atomic mass is 10.1. The number of amides is 1. The second-order valence-corrected chi connectivity index (χ2v) is 4.28. The number of carbonyl (C=O) groups is 1. The molecule has 0 fully saturated rings. The number of hydrogen-bond acceptors (Lipinski definition) is 3. The average molecular weight is 269 g/mol. The molecule has 5 heteroatoms. The van der Waals surface area contributed by atoms with E-state index in [9.17, 15) is 4.79 Å². The number of nitrogens with zero attached hydrogens (tertiary/aromatic N) is 2. The molecular formula is C15H15N3O2. The van der Waals surface area contributed by atoms with Gasteiger partial charge in [0.15, 0.2) is 0 Å². The zero-order valence-corrected chi connectivity index (χ0v) is 11.3. The van der Waals surface area contributed by atoms with E-state index in [1.165, 1.54) is 4.68 Å². The van der Waals surface area contributed by atoms with Crippen LogP contribution in [0, 0.1) is 18.8 Å². The third-order valence-corrected chi connectivity index (χ3v) is 2.85. The van der Waals surface area contributed by atoms with Gasteiger partial charge in [0.2, 0.25) is 0 Å². The Labute approximate surface area is 117 Å². The summed E-state index contributed by atoms with van der Waals surface area (Å²) < 4.78 is 1.51. The van der Waals surface area contributed by atoms with Gasteiger partial charge >= 0.3 is 0 Å². The fourth-order valence-electron chi connectivity index (χ4n) is 1.76. The van der Waals surface area contributed by atoms with E-state index in [-0.39, 0.29) is 12.5 Å². The summed E-state index contributed by atoms with van der Waals surface area (Å²) in [6, 6.07) is 7.16. The molecule has 1 heterocycles. The fraction of sp³-hybridized carbons (Fsp3) is 0.200. The second kappa shape index (κ2) is 6.04. The Morgan fingerprint density at radius 3 is 2.90 bits per heavy atom. The van der Waals surface area contributed by atoms with Crippen LogP contribution in [0.15, 0.2) is 30.5 Å². The Bertz CT molecular complexity index is 693. The summed E-state index contributed by atoms with van der Waals surface area (Å²) in [4.78, 5) is 12.1. The van der Waals surface area contributed by atoms with Crippen molar-refractivity contribution in [3.8, 4) is 11.8 Å². The van der Waals surface area contributed by atoms with Crippen molar-refractivity contribution in [3.05, 3.63) is 47.3 Å². The highest BCUT2D eigenvalue weighted by atomic mass is 16.2. The minimum atomic E-state index is -0.222. The molecule has 0 spiro atoms. The van der Waals surface area contributed by atoms with Gasteiger partial charge in [-0.2, -0.15) is 5.10 Å². The van der Waals surface area contributed by atoms with Gasteiger partial charge in [-0.25, -0.2) is 0 Å². The van der Waals surface area contributed by atoms with Gasteiger partial charge in [-0.05, 0) is 30.7 Å². The van der Waals surface area contributed by atoms with Crippen LogP contribution in [0.3, 0.4) is 0 Å². The van der Waals surface area contributed by atoms with Crippen LogP contribution in [-0.4, -0.2) is 27.4 Å². The molecule has 2 N–H and O–H groups in total. The maximum absolute atomic E-state index is 12.1. The molecule has 0 aliphatic carbocycles. The van der Waals surface area contributed by atoms with Crippen molar-refractivity contribution in [2.75, 3.05) is 11.9 Å². The summed E-state index contributed by atoms with van der Waals surface area (Å²) >= 11 is 0. The Morgan fingerprint density at radius 2 is 2.25 bits per heavy atom. The lowest BCUT2D eigenvalue weighted by Gasteiger charge is -2.09. The van der Waals surface area contributed by atoms with E-state index in [1.54, 1.807) is 25.4 Å². The molecule has 2 aromatic rings. The van der Waals surface area contributed by atoms with Gasteiger partial charge in [-0.15, -0.1) is 0 Å². The van der Waals surface area contributed by atoms with Gasteiger partial charge in [-0.3, -0.25) is 9.48 Å². The molecule has 1 amide bonds. The monoisotopic (exact) mass is 269 g/mol. The number of anilines is 1. The molecule has 1 aromatic carbocycles. The van der Waals surface area contributed by atoms with Crippen molar-refractivity contribution in [1.82, 2.24) is 9.78 Å². The summed E-state index contributed by atoms with van der Waals surface area (Å²) in [5.41, 5.74) is 2.86. The van der Waals surface area contributed by atoms with Crippen molar-refractivity contribution in [2.24, 2.45) is 7.05 Å². The highest BCUT2D eigenvalue weighted by Gasteiger charge is 2.11. The number of rotatable bonds is 2. The summed E-state index contributed by atoms with van der Waals surface area (Å²) in [7, 11) is 1.71. The minimum absolute atomic E-state index is 0.190. The number of hydrogen-bond donors (Lipinski definition) is 2. The Kier molecular flexibility index (Phi) is 4.18. The van der Waals surface area contributed by atoms with Crippen molar-refractivity contribution in [2.45, 2.75) is 6.92 Å². The first-order chi connectivity index (χ1) is 9.61. The van der Waals surface area contributed by atoms with Crippen LogP contribution in [0.25, 0.3) is 0 Å². The predicted molar refractivity (Wildman–Crippen MR) is 76.3 cm³/mol. The lowest BCUT2D eigenvalue weighted by Crippen LogP contribution is -2.16. The predicted octanol–water partition coefficient (Wildman–Crippen LogP) is 1.32. The van der Waals surface area contributed by atoms with Gasteiger partial charge in [-0.1, -0.05) is 17.9 Å². The van der Waals surface area contributed by atoms with Gasteiger partial charge in [0.25, 0.3) is 5.91 Å². The van der Waals surface area contributed by atoms with Crippen LogP contribution in [0.2, 0.25) is 0 Å². The number of carbonyl (C=O) groups excluding carboxylic acids is 1. The molecule has 0 aliphatic rings. The molecule has 0 bridgehead atoms. The first-order valence-electron chi connectivity index (χ1n) is 6.11. The summed E-state index contributed by atoms with van der Waals surface area (Å²) in [5.74, 6) is 5.17. The number of aromatic nitrogens is 2. The van der Waals surface area contributed by atoms with E-state index in [0.717, 1.165) is 11.1 Å². The zero-order valence-electron chi connectivity index (χ0n) is 11.3. The molecule has 0 saturated heterocycles. The summed E-state index contributed by atoms with van der Waals surface area (Å²) in [6.45, 7) is 1.71. The van der Waals surface area contributed by atoms with E-state index in [4.69, 9.17) is 5.11 Å². The maximum atomic E-state index is 12.1. The van der Waals surface area contributed by atoms with Crippen LogP contribution in [0.4, 0.5) is 5.69 Å². The van der Waals surface area contributed by atoms with Crippen LogP contribution in [0.1, 0.15) is 21.6 Å². The third-order valence-electron chi connectivity index (χ3n) is 2.85. The number of aryl methyl sites for hydroxylation is 2. The SMILES string of the molecule is Cc1ccc(C#CCO)cc1NC(=O)c1ccnn1C. The first-order valence-corrected chi connectivity index (χ1v) is 6.11. The largest absolute Gasteiger partial charge is 0.384 e. The molecule has 0 radical (unpaired) electrons. The second-order valence-electron chi connectivity index (χ2n) is 4.28. The third kappa shape index (κ3) is 3.05. The molecular weight excluding hydrogens is 254 g/mol. The number of nitrogens with one attached hydrogen (secondary N) is 1. The van der Waals surface area contributed by atoms with E-state index in [0.29, 0.717) is 11.4 Å². The van der Waals surface area contributed by atoms with Crippen LogP contribution in [-0.2, 0) is 7.05 Å². The molecule has 0 unspecified atom stereocenters. The zero-order chi connectivity index (χ0) is 14.5. The van der Waals surface area contributed by atoms with Crippen LogP contribution >= 0.6 is 0 Å². The number of aliphatic hydroxyl groups excluding tert-OH is 1. The first kappa shape index (κ1) is 13.8. The van der Waals surface area contributed by atoms with E-state index in [1.807, 2.05) is 19.1 Å². The molecule has 0 atom stereocenters. The Hall–Kier alpha value is -2.58. The smallest absolute Gasteiger partial charge is 0.273 e. The minimum Gasteiger partial charge on any atom is -0.384 e. The highest BCUT2D eigenvalue weighted by molar-refractivity contribution is 6.03. The number of aliphatic hydroxyl groups is 1. The number of benzene rings is 1. The van der Waals surface area contributed by atoms with E-state index in [2.05, 4.69) is 22.3 Å². The average Bonchev–Trinajstić information content (AvgIpc) is 2.86. The van der Waals surface area contributed by atoms with E-state index < -0.39 is 0 Å². The molecule has 1 aromatic heterocycles. The topological polar surface area (TPSA) is 67.2 Å². The molecule has 5 nitrogen and oxygen atoms in total. The Morgan fingerprint density at radius 1 is 1.45 bits per heavy atom. The van der Waals surface area contributed by atoms with Crippen LogP contribution in [0.5, 0.6) is 0 Å². The van der Waals surface area contributed by atoms with Crippen molar-refractivity contribution >= 4 is 11.6 Å². The normalized spacial score (nSPS) is 9.75. The lowest BCUT2D eigenvalue weighted by molar-refractivity contribution is 0.101.